The number of hydrogen-bond acceptors (Lipinski definition) is 3. The summed E-state index contributed by atoms with van der Waals surface area (Å²) in [7, 11) is 4.32. The van der Waals surface area contributed by atoms with Crippen molar-refractivity contribution in [2.24, 2.45) is 0 Å². The van der Waals surface area contributed by atoms with Gasteiger partial charge in [-0.05, 0) is 32.6 Å². The first-order valence-electron chi connectivity index (χ1n) is 17.1. The van der Waals surface area contributed by atoms with Crippen LogP contribution in [0.4, 0.5) is 0 Å². The number of carboxylic acid groups (broad SMARTS) is 1. The number of quaternary nitrogens is 1. The molecule has 0 aromatic rings. The van der Waals surface area contributed by atoms with Gasteiger partial charge in [-0.25, -0.2) is 4.84 Å². The summed E-state index contributed by atoms with van der Waals surface area (Å²) >= 11 is 0. The molecule has 0 amide bonds. The molecule has 0 atom stereocenters. The molecule has 0 fully saturated rings. The van der Waals surface area contributed by atoms with Crippen molar-refractivity contribution in [1.82, 2.24) is 0 Å². The summed E-state index contributed by atoms with van der Waals surface area (Å²) in [6.45, 7) is 8.55. The SMILES string of the molecule is CCCCCCCCCCCC(=O)[O-].CCCCCCCCCCCCCCCCCC[N+](C)(C)OCC. The Kier molecular flexibility index (Phi) is 33.9. The van der Waals surface area contributed by atoms with E-state index in [1.54, 1.807) is 0 Å². The normalized spacial score (nSPS) is 11.4. The zero-order chi connectivity index (χ0) is 28.6. The summed E-state index contributed by atoms with van der Waals surface area (Å²) in [5.41, 5.74) is 0. The number of carboxylic acids is 1. The van der Waals surface area contributed by atoms with E-state index in [0.29, 0.717) is 0 Å². The summed E-state index contributed by atoms with van der Waals surface area (Å²) in [5, 5.41) is 10.1. The van der Waals surface area contributed by atoms with Crippen LogP contribution < -0.4 is 5.11 Å². The number of hydroxylamine groups is 3. The molecular formula is C34H71NO3. The van der Waals surface area contributed by atoms with Crippen molar-refractivity contribution < 1.29 is 19.4 Å². The molecule has 0 spiro atoms. The van der Waals surface area contributed by atoms with Gasteiger partial charge in [-0.3, -0.25) is 0 Å². The van der Waals surface area contributed by atoms with Crippen LogP contribution in [0.15, 0.2) is 0 Å². The van der Waals surface area contributed by atoms with E-state index in [9.17, 15) is 9.90 Å². The predicted molar refractivity (Wildman–Crippen MR) is 165 cm³/mol. The number of carbonyl (C=O) groups is 1. The van der Waals surface area contributed by atoms with Crippen LogP contribution in [-0.4, -0.2) is 37.9 Å². The molecule has 230 valence electrons. The quantitative estimate of drug-likeness (QED) is 0.0537. The predicted octanol–water partition coefficient (Wildman–Crippen LogP) is 9.93. The second kappa shape index (κ2) is 32.6. The topological polar surface area (TPSA) is 49.4 Å². The Hall–Kier alpha value is -0.610. The molecule has 0 unspecified atom stereocenters. The summed E-state index contributed by atoms with van der Waals surface area (Å²) in [6, 6.07) is 0. The van der Waals surface area contributed by atoms with Crippen molar-refractivity contribution in [3.05, 3.63) is 0 Å². The largest absolute Gasteiger partial charge is 0.550 e. The van der Waals surface area contributed by atoms with E-state index in [4.69, 9.17) is 4.84 Å². The van der Waals surface area contributed by atoms with Crippen molar-refractivity contribution in [2.75, 3.05) is 27.2 Å². The highest BCUT2D eigenvalue weighted by atomic mass is 16.7. The molecule has 0 bridgehead atoms. The maximum atomic E-state index is 10.1. The lowest BCUT2D eigenvalue weighted by Gasteiger charge is -2.26. The third-order valence-electron chi connectivity index (χ3n) is 7.51. The van der Waals surface area contributed by atoms with Crippen LogP contribution in [0.2, 0.25) is 0 Å². The third-order valence-corrected chi connectivity index (χ3v) is 7.51. The number of hydrogen-bond donors (Lipinski definition) is 0. The molecule has 0 saturated carbocycles. The number of unbranched alkanes of at least 4 members (excludes halogenated alkanes) is 23. The number of rotatable bonds is 29. The standard InChI is InChI=1S/C22H48NO.C12H24O2/c1-5-7-8-9-10-11-12-13-14-15-16-17-18-19-20-21-22-23(3,4)24-6-2;1-2-3-4-5-6-7-8-9-10-11-12(13)14/h5-22H2,1-4H3;2-11H2,1H3,(H,13,14)/q+1;/p-1. The van der Waals surface area contributed by atoms with Gasteiger partial charge < -0.3 is 9.90 Å². The van der Waals surface area contributed by atoms with Gasteiger partial charge in [-0.2, -0.15) is 4.65 Å². The number of nitrogens with zero attached hydrogens (tertiary/aromatic N) is 1. The minimum Gasteiger partial charge on any atom is -0.550 e. The monoisotopic (exact) mass is 542 g/mol. The fourth-order valence-electron chi connectivity index (χ4n) is 5.03. The molecule has 0 heterocycles. The first-order chi connectivity index (χ1) is 18.4. The van der Waals surface area contributed by atoms with Gasteiger partial charge in [0.1, 0.15) is 13.2 Å². The Morgan fingerprint density at radius 3 is 1.08 bits per heavy atom. The van der Waals surface area contributed by atoms with E-state index in [1.807, 2.05) is 0 Å². The molecule has 0 aliphatic carbocycles. The van der Waals surface area contributed by atoms with Gasteiger partial charge >= 0.3 is 0 Å². The van der Waals surface area contributed by atoms with Gasteiger partial charge in [0.25, 0.3) is 0 Å². The van der Waals surface area contributed by atoms with Crippen LogP contribution >= 0.6 is 0 Å². The van der Waals surface area contributed by atoms with Crippen molar-refractivity contribution in [3.8, 4) is 0 Å². The summed E-state index contributed by atoms with van der Waals surface area (Å²) in [5.74, 6) is -0.909. The minimum absolute atomic E-state index is 0.232. The van der Waals surface area contributed by atoms with E-state index in [1.165, 1.54) is 148 Å². The second-order valence-corrected chi connectivity index (χ2v) is 12.0. The lowest BCUT2D eigenvalue weighted by molar-refractivity contribution is -1.08. The lowest BCUT2D eigenvalue weighted by Crippen LogP contribution is -2.40. The molecule has 0 radical (unpaired) electrons. The van der Waals surface area contributed by atoms with Crippen molar-refractivity contribution in [2.45, 2.75) is 188 Å². The maximum absolute atomic E-state index is 10.1. The fraction of sp³-hybridized carbons (Fsp3) is 0.971. The van der Waals surface area contributed by atoms with Crippen LogP contribution in [0.5, 0.6) is 0 Å². The molecule has 0 aliphatic heterocycles. The molecule has 38 heavy (non-hydrogen) atoms. The van der Waals surface area contributed by atoms with Gasteiger partial charge in [-0.1, -0.05) is 155 Å². The summed E-state index contributed by atoms with van der Waals surface area (Å²) in [6.07, 6.45) is 34.1. The van der Waals surface area contributed by atoms with Gasteiger partial charge in [0, 0.05) is 5.97 Å². The number of carbonyl (C=O) groups excluding carboxylic acids is 1. The molecule has 4 nitrogen and oxygen atoms in total. The molecule has 0 rings (SSSR count). The zero-order valence-electron chi connectivity index (χ0n) is 27.0. The highest BCUT2D eigenvalue weighted by Gasteiger charge is 2.14. The third kappa shape index (κ3) is 37.5. The average molecular weight is 542 g/mol. The van der Waals surface area contributed by atoms with Crippen molar-refractivity contribution in [3.63, 3.8) is 0 Å². The van der Waals surface area contributed by atoms with Crippen molar-refractivity contribution >= 4 is 5.97 Å². The van der Waals surface area contributed by atoms with Gasteiger partial charge in [0.15, 0.2) is 0 Å². The van der Waals surface area contributed by atoms with E-state index >= 15 is 0 Å². The van der Waals surface area contributed by atoms with Crippen molar-refractivity contribution in [1.29, 1.82) is 0 Å². The molecule has 0 aromatic carbocycles. The average Bonchev–Trinajstić information content (AvgIpc) is 2.87. The van der Waals surface area contributed by atoms with E-state index in [0.717, 1.165) is 30.6 Å². The molecule has 0 aromatic heterocycles. The Morgan fingerprint density at radius 1 is 0.500 bits per heavy atom. The Labute approximate surface area is 240 Å². The Bertz CT molecular complexity index is 453. The first-order valence-corrected chi connectivity index (χ1v) is 17.1. The van der Waals surface area contributed by atoms with E-state index in [-0.39, 0.29) is 6.42 Å². The first kappa shape index (κ1) is 39.5. The molecule has 4 heteroatoms. The molecule has 0 saturated heterocycles. The Morgan fingerprint density at radius 2 is 0.789 bits per heavy atom. The van der Waals surface area contributed by atoms with Gasteiger partial charge in [-0.15, -0.1) is 0 Å². The molecule has 0 aliphatic rings. The minimum atomic E-state index is -0.909. The smallest absolute Gasteiger partial charge is 0.108 e. The Balaban J connectivity index is 0. The summed E-state index contributed by atoms with van der Waals surface area (Å²) < 4.78 is 0.717. The summed E-state index contributed by atoms with van der Waals surface area (Å²) in [4.78, 5) is 15.8. The lowest BCUT2D eigenvalue weighted by atomic mass is 10.0. The molecule has 0 N–H and O–H groups in total. The van der Waals surface area contributed by atoms with Crippen LogP contribution in [0, 0.1) is 0 Å². The van der Waals surface area contributed by atoms with E-state index in [2.05, 4.69) is 34.9 Å². The fourth-order valence-corrected chi connectivity index (χ4v) is 5.03. The zero-order valence-corrected chi connectivity index (χ0v) is 27.0. The van der Waals surface area contributed by atoms with Crippen LogP contribution in [0.25, 0.3) is 0 Å². The van der Waals surface area contributed by atoms with Crippen LogP contribution in [-0.2, 0) is 9.63 Å². The van der Waals surface area contributed by atoms with Crippen LogP contribution in [0.3, 0.4) is 0 Å². The molecular weight excluding hydrogens is 470 g/mol. The van der Waals surface area contributed by atoms with Gasteiger partial charge in [0.2, 0.25) is 0 Å². The van der Waals surface area contributed by atoms with E-state index < -0.39 is 5.97 Å². The van der Waals surface area contributed by atoms with Gasteiger partial charge in [0.05, 0.1) is 14.1 Å². The highest BCUT2D eigenvalue weighted by molar-refractivity contribution is 5.64. The second-order valence-electron chi connectivity index (χ2n) is 12.0. The van der Waals surface area contributed by atoms with Crippen LogP contribution in [0.1, 0.15) is 188 Å². The number of aliphatic carboxylic acids is 1. The highest BCUT2D eigenvalue weighted by Crippen LogP contribution is 2.14. The maximum Gasteiger partial charge on any atom is 0.108 e.